The van der Waals surface area contributed by atoms with Crippen LogP contribution < -0.4 is 5.32 Å². The minimum atomic E-state index is -0.659. The molecule has 2 amide bonds. The van der Waals surface area contributed by atoms with Crippen molar-refractivity contribution in [2.45, 2.75) is 50.8 Å². The summed E-state index contributed by atoms with van der Waals surface area (Å²) in [4.78, 5) is 33.0. The van der Waals surface area contributed by atoms with E-state index in [0.717, 1.165) is 32.6 Å². The summed E-state index contributed by atoms with van der Waals surface area (Å²) in [6.07, 6.45) is 5.36. The molecule has 1 aromatic rings. The number of rotatable bonds is 6. The molecule has 1 aliphatic heterocycles. The van der Waals surface area contributed by atoms with E-state index in [4.69, 9.17) is 0 Å². The highest BCUT2D eigenvalue weighted by molar-refractivity contribution is 5.80. The van der Waals surface area contributed by atoms with Crippen LogP contribution in [-0.2, 0) is 16.1 Å². The first-order valence-electron chi connectivity index (χ1n) is 9.80. The molecule has 3 rings (SSSR count). The van der Waals surface area contributed by atoms with Crippen LogP contribution >= 0.6 is 0 Å². The zero-order valence-corrected chi connectivity index (χ0v) is 16.0. The minimum absolute atomic E-state index is 0.0938. The van der Waals surface area contributed by atoms with Crippen LogP contribution in [-0.4, -0.2) is 86.9 Å². The molecule has 0 aromatic carbocycles. The van der Waals surface area contributed by atoms with Crippen molar-refractivity contribution in [3.8, 4) is 0 Å². The summed E-state index contributed by atoms with van der Waals surface area (Å²) in [6.45, 7) is 4.03. The van der Waals surface area contributed by atoms with Gasteiger partial charge in [0.05, 0.1) is 12.1 Å². The number of amides is 2. The van der Waals surface area contributed by atoms with E-state index in [-0.39, 0.29) is 23.8 Å². The van der Waals surface area contributed by atoms with Crippen molar-refractivity contribution >= 4 is 11.8 Å². The van der Waals surface area contributed by atoms with Gasteiger partial charge in [-0.1, -0.05) is 0 Å². The van der Waals surface area contributed by atoms with E-state index in [1.165, 1.54) is 6.33 Å². The molecule has 150 valence electrons. The molecule has 9 nitrogen and oxygen atoms in total. The summed E-state index contributed by atoms with van der Waals surface area (Å²) >= 11 is 0. The topological polar surface area (TPSA) is 104 Å². The molecule has 1 aliphatic carbocycles. The molecule has 1 saturated carbocycles. The van der Waals surface area contributed by atoms with Gasteiger partial charge in [-0.2, -0.15) is 5.10 Å². The second-order valence-corrected chi connectivity index (χ2v) is 7.65. The Morgan fingerprint density at radius 2 is 2.07 bits per heavy atom. The Bertz CT molecular complexity index is 623. The number of hydrogen-bond donors (Lipinski definition) is 2. The average Bonchev–Trinajstić information content (AvgIpc) is 3.22. The SMILES string of the molecule is CN1CCCN(C(=O)[C@@H]2C[C@@H](O)[C@H](NC(=O)CCCn3cncn3)C2)CC1. The molecule has 0 unspecified atom stereocenters. The van der Waals surface area contributed by atoms with Crippen LogP contribution in [0.1, 0.15) is 32.1 Å². The Morgan fingerprint density at radius 1 is 1.22 bits per heavy atom. The van der Waals surface area contributed by atoms with Crippen LogP contribution in [0.15, 0.2) is 12.7 Å². The molecule has 0 bridgehead atoms. The summed E-state index contributed by atoms with van der Waals surface area (Å²) in [5.74, 6) is -0.181. The highest BCUT2D eigenvalue weighted by Crippen LogP contribution is 2.28. The van der Waals surface area contributed by atoms with Gasteiger partial charge < -0.3 is 20.2 Å². The number of aromatic nitrogens is 3. The lowest BCUT2D eigenvalue weighted by Gasteiger charge is -2.24. The van der Waals surface area contributed by atoms with Crippen molar-refractivity contribution in [1.29, 1.82) is 0 Å². The Labute approximate surface area is 159 Å². The lowest BCUT2D eigenvalue weighted by molar-refractivity contribution is -0.135. The first-order chi connectivity index (χ1) is 13.0. The van der Waals surface area contributed by atoms with Gasteiger partial charge in [-0.15, -0.1) is 0 Å². The summed E-state index contributed by atoms with van der Waals surface area (Å²) in [5, 5.41) is 17.2. The van der Waals surface area contributed by atoms with E-state index in [1.54, 1.807) is 11.0 Å². The van der Waals surface area contributed by atoms with E-state index >= 15 is 0 Å². The number of nitrogens with zero attached hydrogens (tertiary/aromatic N) is 5. The highest BCUT2D eigenvalue weighted by Gasteiger charge is 2.39. The predicted molar refractivity (Wildman–Crippen MR) is 98.6 cm³/mol. The number of carbonyl (C=O) groups is 2. The standard InChI is InChI=1S/C18H30N6O3/c1-22-5-3-6-23(9-8-22)18(27)14-10-15(16(25)11-14)21-17(26)4-2-7-24-13-19-12-20-24/h12-16,25H,2-11H2,1H3,(H,21,26)/t14-,15+,16+/m0/s1. The van der Waals surface area contributed by atoms with Crippen LogP contribution in [0.2, 0.25) is 0 Å². The monoisotopic (exact) mass is 378 g/mol. The largest absolute Gasteiger partial charge is 0.391 e. The molecule has 0 spiro atoms. The first-order valence-corrected chi connectivity index (χ1v) is 9.80. The van der Waals surface area contributed by atoms with Gasteiger partial charge in [0, 0.05) is 38.5 Å². The van der Waals surface area contributed by atoms with Crippen molar-refractivity contribution in [1.82, 2.24) is 29.9 Å². The maximum absolute atomic E-state index is 12.8. The molecule has 2 heterocycles. The van der Waals surface area contributed by atoms with Gasteiger partial charge >= 0.3 is 0 Å². The highest BCUT2D eigenvalue weighted by atomic mass is 16.3. The molecular weight excluding hydrogens is 348 g/mol. The molecule has 27 heavy (non-hydrogen) atoms. The number of nitrogens with one attached hydrogen (secondary N) is 1. The average molecular weight is 378 g/mol. The van der Waals surface area contributed by atoms with Gasteiger partial charge in [0.2, 0.25) is 11.8 Å². The van der Waals surface area contributed by atoms with Gasteiger partial charge in [-0.05, 0) is 39.3 Å². The summed E-state index contributed by atoms with van der Waals surface area (Å²) in [7, 11) is 2.07. The van der Waals surface area contributed by atoms with Crippen LogP contribution in [0.3, 0.4) is 0 Å². The molecule has 0 radical (unpaired) electrons. The van der Waals surface area contributed by atoms with E-state index in [9.17, 15) is 14.7 Å². The van der Waals surface area contributed by atoms with Crippen molar-refractivity contribution in [3.05, 3.63) is 12.7 Å². The van der Waals surface area contributed by atoms with Crippen molar-refractivity contribution in [3.63, 3.8) is 0 Å². The Hall–Kier alpha value is -2.00. The lowest BCUT2D eigenvalue weighted by Crippen LogP contribution is -2.40. The number of aliphatic hydroxyl groups is 1. The van der Waals surface area contributed by atoms with E-state index < -0.39 is 6.10 Å². The third kappa shape index (κ3) is 5.49. The number of aliphatic hydroxyl groups excluding tert-OH is 1. The number of likely N-dealkylation sites (N-methyl/N-ethyl adjacent to an activating group) is 1. The van der Waals surface area contributed by atoms with E-state index in [0.29, 0.717) is 32.2 Å². The second-order valence-electron chi connectivity index (χ2n) is 7.65. The first kappa shape index (κ1) is 19.8. The predicted octanol–water partition coefficient (Wildman–Crippen LogP) is -0.522. The lowest BCUT2D eigenvalue weighted by atomic mass is 10.1. The molecule has 2 aliphatic rings. The minimum Gasteiger partial charge on any atom is -0.391 e. The van der Waals surface area contributed by atoms with Crippen LogP contribution in [0.25, 0.3) is 0 Å². The van der Waals surface area contributed by atoms with Crippen molar-refractivity contribution < 1.29 is 14.7 Å². The fraction of sp³-hybridized carbons (Fsp3) is 0.778. The molecule has 9 heteroatoms. The van der Waals surface area contributed by atoms with Gasteiger partial charge in [-0.3, -0.25) is 14.3 Å². The summed E-state index contributed by atoms with van der Waals surface area (Å²) in [6, 6.07) is -0.340. The van der Waals surface area contributed by atoms with Crippen molar-refractivity contribution in [2.24, 2.45) is 5.92 Å². The van der Waals surface area contributed by atoms with Crippen LogP contribution in [0, 0.1) is 5.92 Å². The normalized spacial score (nSPS) is 26.7. The van der Waals surface area contributed by atoms with Gasteiger partial charge in [-0.25, -0.2) is 4.98 Å². The number of aryl methyl sites for hydroxylation is 1. The Balaban J connectivity index is 1.43. The van der Waals surface area contributed by atoms with Crippen LogP contribution in [0.5, 0.6) is 0 Å². The second kappa shape index (κ2) is 9.27. The smallest absolute Gasteiger partial charge is 0.225 e. The Morgan fingerprint density at radius 3 is 2.85 bits per heavy atom. The van der Waals surface area contributed by atoms with Crippen molar-refractivity contribution in [2.75, 3.05) is 33.2 Å². The van der Waals surface area contributed by atoms with Gasteiger partial charge in [0.1, 0.15) is 12.7 Å². The zero-order chi connectivity index (χ0) is 19.2. The maximum Gasteiger partial charge on any atom is 0.225 e. The molecular formula is C18H30N6O3. The van der Waals surface area contributed by atoms with Crippen LogP contribution in [0.4, 0.5) is 0 Å². The quantitative estimate of drug-likeness (QED) is 0.690. The summed E-state index contributed by atoms with van der Waals surface area (Å²) < 4.78 is 1.69. The molecule has 2 fully saturated rings. The van der Waals surface area contributed by atoms with E-state index in [1.807, 2.05) is 4.90 Å². The number of hydrogen-bond acceptors (Lipinski definition) is 6. The van der Waals surface area contributed by atoms with Gasteiger partial charge in [0.15, 0.2) is 0 Å². The zero-order valence-electron chi connectivity index (χ0n) is 16.0. The third-order valence-electron chi connectivity index (χ3n) is 5.51. The fourth-order valence-corrected chi connectivity index (χ4v) is 3.93. The molecule has 1 saturated heterocycles. The number of carbonyl (C=O) groups excluding carboxylic acids is 2. The molecule has 3 atom stereocenters. The third-order valence-corrected chi connectivity index (χ3v) is 5.51. The fourth-order valence-electron chi connectivity index (χ4n) is 3.93. The van der Waals surface area contributed by atoms with Gasteiger partial charge in [0.25, 0.3) is 0 Å². The maximum atomic E-state index is 12.8. The Kier molecular flexibility index (Phi) is 6.78. The van der Waals surface area contributed by atoms with E-state index in [2.05, 4.69) is 27.3 Å². The molecule has 2 N–H and O–H groups in total. The summed E-state index contributed by atoms with van der Waals surface area (Å²) in [5.41, 5.74) is 0. The molecule has 1 aromatic heterocycles.